The normalized spacial score (nSPS) is 10.9. The van der Waals surface area contributed by atoms with Crippen LogP contribution in [0.5, 0.6) is 0 Å². The van der Waals surface area contributed by atoms with Gasteiger partial charge in [0.05, 0.1) is 15.9 Å². The number of nitrogens with zero attached hydrogens (tertiary/aromatic N) is 2. The summed E-state index contributed by atoms with van der Waals surface area (Å²) in [6.07, 6.45) is 14.2. The molecule has 0 amide bonds. The lowest BCUT2D eigenvalue weighted by Gasteiger charge is -2.13. The van der Waals surface area contributed by atoms with Gasteiger partial charge in [0.2, 0.25) is 0 Å². The van der Waals surface area contributed by atoms with E-state index in [-0.39, 0.29) is 17.8 Å². The molecule has 38 heavy (non-hydrogen) atoms. The summed E-state index contributed by atoms with van der Waals surface area (Å²) in [6.45, 7) is 5.82. The minimum atomic E-state index is -0.570. The second-order valence-electron chi connectivity index (χ2n) is 9.99. The van der Waals surface area contributed by atoms with Crippen molar-refractivity contribution in [3.8, 4) is 0 Å². The Bertz CT molecular complexity index is 1030. The van der Waals surface area contributed by atoms with Gasteiger partial charge in [0.15, 0.2) is 0 Å². The molecule has 0 fully saturated rings. The number of nitrogens with one attached hydrogen (secondary N) is 2. The molecule has 0 aliphatic carbocycles. The van der Waals surface area contributed by atoms with E-state index in [1.54, 1.807) is 0 Å². The summed E-state index contributed by atoms with van der Waals surface area (Å²) in [5.41, 5.74) is 8.65. The van der Waals surface area contributed by atoms with Crippen LogP contribution in [0.25, 0.3) is 0 Å². The first-order chi connectivity index (χ1) is 18.4. The average Bonchev–Trinajstić information content (AvgIpc) is 2.88. The number of nitro benzene ring substituents is 2. The number of hydrogen-bond acceptors (Lipinski definition) is 7. The van der Waals surface area contributed by atoms with Gasteiger partial charge < -0.3 is 16.4 Å². The number of nitro groups is 2. The van der Waals surface area contributed by atoms with Crippen molar-refractivity contribution >= 4 is 28.4 Å². The monoisotopic (exact) mass is 527 g/mol. The van der Waals surface area contributed by atoms with Gasteiger partial charge in [-0.3, -0.25) is 20.2 Å². The van der Waals surface area contributed by atoms with Crippen molar-refractivity contribution in [3.63, 3.8) is 0 Å². The van der Waals surface area contributed by atoms with Crippen LogP contribution in [0.4, 0.5) is 28.4 Å². The molecule has 9 heteroatoms. The first-order valence-corrected chi connectivity index (χ1v) is 14.2. The van der Waals surface area contributed by atoms with E-state index in [4.69, 9.17) is 5.73 Å². The smallest absolute Gasteiger partial charge is 0.299 e. The predicted octanol–water partition coefficient (Wildman–Crippen LogP) is 8.22. The third-order valence-corrected chi connectivity index (χ3v) is 6.82. The molecule has 2 rings (SSSR count). The van der Waals surface area contributed by atoms with Crippen molar-refractivity contribution in [1.29, 1.82) is 0 Å². The first-order valence-electron chi connectivity index (χ1n) is 14.2. The molecule has 0 heterocycles. The van der Waals surface area contributed by atoms with E-state index >= 15 is 0 Å². The van der Waals surface area contributed by atoms with Gasteiger partial charge in [-0.05, 0) is 36.6 Å². The summed E-state index contributed by atoms with van der Waals surface area (Å²) < 4.78 is 0. The van der Waals surface area contributed by atoms with Gasteiger partial charge in [-0.1, -0.05) is 84.1 Å². The van der Waals surface area contributed by atoms with Gasteiger partial charge in [0.25, 0.3) is 11.4 Å². The summed E-state index contributed by atoms with van der Waals surface area (Å²) in [6, 6.07) is 8.25. The number of hydrogen-bond donors (Lipinski definition) is 3. The lowest BCUT2D eigenvalue weighted by Crippen LogP contribution is -2.08. The molecular formula is C29H45N5O4. The molecule has 0 saturated heterocycles. The molecule has 4 N–H and O–H groups in total. The standard InChI is InChI=1S/C29H45N5O4/c1-3-5-7-9-11-13-17-31-25-16-15-23(26(30)21-25)19-24-20-27(32-18-14-12-10-8-6-4-2)29(34(37)38)22-28(24)33(35)36/h15-16,20-22,31-32H,3-14,17-19,30H2,1-2H3. The molecule has 2 aromatic rings. The maximum atomic E-state index is 11.8. The fraction of sp³-hybridized carbons (Fsp3) is 0.586. The van der Waals surface area contributed by atoms with E-state index in [1.807, 2.05) is 18.2 Å². The Morgan fingerprint density at radius 3 is 1.79 bits per heavy atom. The highest BCUT2D eigenvalue weighted by Crippen LogP contribution is 2.35. The summed E-state index contributed by atoms with van der Waals surface area (Å²) in [7, 11) is 0. The Hall–Kier alpha value is -3.36. The van der Waals surface area contributed by atoms with Crippen molar-refractivity contribution in [3.05, 3.63) is 61.7 Å². The van der Waals surface area contributed by atoms with Crippen LogP contribution in [0, 0.1) is 20.2 Å². The Labute approximate surface area is 226 Å². The van der Waals surface area contributed by atoms with E-state index in [9.17, 15) is 20.2 Å². The predicted molar refractivity (Wildman–Crippen MR) is 157 cm³/mol. The van der Waals surface area contributed by atoms with Gasteiger partial charge in [0.1, 0.15) is 5.69 Å². The van der Waals surface area contributed by atoms with E-state index in [1.165, 1.54) is 57.4 Å². The summed E-state index contributed by atoms with van der Waals surface area (Å²) in [5, 5.41) is 30.0. The lowest BCUT2D eigenvalue weighted by atomic mass is 10.00. The van der Waals surface area contributed by atoms with E-state index < -0.39 is 9.85 Å². The molecule has 9 nitrogen and oxygen atoms in total. The van der Waals surface area contributed by atoms with E-state index in [2.05, 4.69) is 24.5 Å². The van der Waals surface area contributed by atoms with Crippen molar-refractivity contribution in [2.24, 2.45) is 0 Å². The number of anilines is 3. The van der Waals surface area contributed by atoms with Crippen molar-refractivity contribution < 1.29 is 9.85 Å². The highest BCUT2D eigenvalue weighted by Gasteiger charge is 2.25. The Morgan fingerprint density at radius 2 is 1.24 bits per heavy atom. The number of nitrogens with two attached hydrogens (primary N) is 1. The second-order valence-corrected chi connectivity index (χ2v) is 9.99. The maximum absolute atomic E-state index is 11.8. The molecule has 0 aliphatic heterocycles. The average molecular weight is 528 g/mol. The third kappa shape index (κ3) is 10.6. The molecule has 0 bridgehead atoms. The first kappa shape index (κ1) is 30.9. The van der Waals surface area contributed by atoms with Crippen LogP contribution >= 0.6 is 0 Å². The highest BCUT2D eigenvalue weighted by atomic mass is 16.6. The SMILES string of the molecule is CCCCCCCCNc1ccc(Cc2cc(NCCCCCCCC)c([N+](=O)[O-])cc2[N+](=O)[O-])c(N)c1. The maximum Gasteiger partial charge on any atom is 0.299 e. The van der Waals surface area contributed by atoms with Gasteiger partial charge in [-0.15, -0.1) is 0 Å². The van der Waals surface area contributed by atoms with Crippen LogP contribution in [-0.2, 0) is 6.42 Å². The topological polar surface area (TPSA) is 136 Å². The highest BCUT2D eigenvalue weighted by molar-refractivity contribution is 5.69. The minimum Gasteiger partial charge on any atom is -0.398 e. The van der Waals surface area contributed by atoms with Crippen LogP contribution in [0.15, 0.2) is 30.3 Å². The van der Waals surface area contributed by atoms with Gasteiger partial charge in [-0.25, -0.2) is 0 Å². The summed E-state index contributed by atoms with van der Waals surface area (Å²) >= 11 is 0. The second kappa shape index (κ2) is 17.2. The van der Waals surface area contributed by atoms with Crippen LogP contribution < -0.4 is 16.4 Å². The molecule has 0 aliphatic rings. The van der Waals surface area contributed by atoms with Crippen LogP contribution in [0.2, 0.25) is 0 Å². The zero-order valence-electron chi connectivity index (χ0n) is 23.1. The van der Waals surface area contributed by atoms with E-state index in [0.717, 1.165) is 49.5 Å². The molecule has 2 aromatic carbocycles. The van der Waals surface area contributed by atoms with Crippen LogP contribution in [0.1, 0.15) is 102 Å². The quantitative estimate of drug-likeness (QED) is 0.0682. The molecule has 0 atom stereocenters. The molecule has 0 aromatic heterocycles. The molecule has 0 unspecified atom stereocenters. The number of unbranched alkanes of at least 4 members (excludes halogenated alkanes) is 10. The zero-order chi connectivity index (χ0) is 27.8. The Kier molecular flexibility index (Phi) is 14.0. The fourth-order valence-corrected chi connectivity index (χ4v) is 4.56. The Morgan fingerprint density at radius 1 is 0.684 bits per heavy atom. The van der Waals surface area contributed by atoms with Gasteiger partial charge in [0, 0.05) is 36.4 Å². The largest absolute Gasteiger partial charge is 0.398 e. The number of benzene rings is 2. The van der Waals surface area contributed by atoms with Gasteiger partial charge in [-0.2, -0.15) is 0 Å². The summed E-state index contributed by atoms with van der Waals surface area (Å²) in [5.74, 6) is 0. The van der Waals surface area contributed by atoms with Crippen LogP contribution in [0.3, 0.4) is 0 Å². The molecule has 0 saturated carbocycles. The van der Waals surface area contributed by atoms with E-state index in [0.29, 0.717) is 23.5 Å². The van der Waals surface area contributed by atoms with Crippen molar-refractivity contribution in [2.75, 3.05) is 29.5 Å². The lowest BCUT2D eigenvalue weighted by molar-refractivity contribution is -0.394. The molecule has 0 radical (unpaired) electrons. The zero-order valence-corrected chi connectivity index (χ0v) is 23.1. The van der Waals surface area contributed by atoms with Gasteiger partial charge >= 0.3 is 0 Å². The molecule has 0 spiro atoms. The number of nitrogen functional groups attached to an aromatic ring is 1. The molecule has 210 valence electrons. The third-order valence-electron chi connectivity index (χ3n) is 6.82. The van der Waals surface area contributed by atoms with Crippen molar-refractivity contribution in [1.82, 2.24) is 0 Å². The van der Waals surface area contributed by atoms with Crippen molar-refractivity contribution in [2.45, 2.75) is 97.3 Å². The molecular weight excluding hydrogens is 482 g/mol. The Balaban J connectivity index is 2.08. The minimum absolute atomic E-state index is 0.212. The number of rotatable bonds is 20. The summed E-state index contributed by atoms with van der Waals surface area (Å²) in [4.78, 5) is 22.3. The van der Waals surface area contributed by atoms with Crippen LogP contribution in [-0.4, -0.2) is 22.9 Å². The fourth-order valence-electron chi connectivity index (χ4n) is 4.56.